The van der Waals surface area contributed by atoms with Gasteiger partial charge in [-0.15, -0.1) is 0 Å². The van der Waals surface area contributed by atoms with E-state index in [4.69, 9.17) is 5.10 Å². The highest BCUT2D eigenvalue weighted by Gasteiger charge is 2.41. The Bertz CT molecular complexity index is 967. The van der Waals surface area contributed by atoms with Gasteiger partial charge in [0.15, 0.2) is 0 Å². The van der Waals surface area contributed by atoms with Crippen LogP contribution in [-0.2, 0) is 17.1 Å². The molecule has 3 aliphatic rings. The van der Waals surface area contributed by atoms with Gasteiger partial charge in [0.1, 0.15) is 0 Å². The quantitative estimate of drug-likeness (QED) is 0.777. The predicted molar refractivity (Wildman–Crippen MR) is 117 cm³/mol. The van der Waals surface area contributed by atoms with Crippen LogP contribution in [0, 0.1) is 5.92 Å². The predicted octanol–water partition coefficient (Wildman–Crippen LogP) is 1.88. The number of nitrogens with zero attached hydrogens (tertiary/aromatic N) is 4. The summed E-state index contributed by atoms with van der Waals surface area (Å²) in [7, 11) is 2.98. The first-order chi connectivity index (χ1) is 13.7. The summed E-state index contributed by atoms with van der Waals surface area (Å²) in [4.78, 5) is 4.54. The SMILES string of the molecule is CN(C)c1ccc(-c2cc([C@H]3CN4CC[C@H]3C[C@@H]4CNS(C)(=O)=O)n(C)n2)cc1. The second kappa shape index (κ2) is 7.74. The van der Waals surface area contributed by atoms with Crippen molar-refractivity contribution in [3.8, 4) is 11.3 Å². The molecule has 1 N–H and O–H groups in total. The molecular formula is C21H31N5O2S. The first-order valence-corrected chi connectivity index (χ1v) is 12.1. The molecule has 29 heavy (non-hydrogen) atoms. The number of benzene rings is 1. The van der Waals surface area contributed by atoms with E-state index in [0.717, 1.165) is 37.2 Å². The lowest BCUT2D eigenvalue weighted by Gasteiger charge is -2.49. The third-order valence-electron chi connectivity index (χ3n) is 6.44. The third-order valence-corrected chi connectivity index (χ3v) is 7.13. The number of anilines is 1. The smallest absolute Gasteiger partial charge is 0.208 e. The fraction of sp³-hybridized carbons (Fsp3) is 0.571. The lowest BCUT2D eigenvalue weighted by atomic mass is 9.74. The van der Waals surface area contributed by atoms with Crippen molar-refractivity contribution in [3.63, 3.8) is 0 Å². The summed E-state index contributed by atoms with van der Waals surface area (Å²) in [6.45, 7) is 2.53. The number of sulfonamides is 1. The van der Waals surface area contributed by atoms with Crippen molar-refractivity contribution in [3.05, 3.63) is 36.0 Å². The zero-order valence-corrected chi connectivity index (χ0v) is 18.5. The maximum Gasteiger partial charge on any atom is 0.208 e. The summed E-state index contributed by atoms with van der Waals surface area (Å²) in [5, 5.41) is 4.79. The molecule has 1 aromatic heterocycles. The van der Waals surface area contributed by atoms with Crippen LogP contribution >= 0.6 is 0 Å². The van der Waals surface area contributed by atoms with Gasteiger partial charge in [-0.3, -0.25) is 9.58 Å². The van der Waals surface area contributed by atoms with E-state index in [1.807, 2.05) is 25.8 Å². The van der Waals surface area contributed by atoms with E-state index in [0.29, 0.717) is 24.4 Å². The van der Waals surface area contributed by atoms with Gasteiger partial charge in [0.2, 0.25) is 10.0 Å². The molecule has 7 nitrogen and oxygen atoms in total. The van der Waals surface area contributed by atoms with E-state index in [1.54, 1.807) is 0 Å². The van der Waals surface area contributed by atoms with Crippen molar-refractivity contribution in [1.82, 2.24) is 19.4 Å². The third kappa shape index (κ3) is 4.34. The van der Waals surface area contributed by atoms with Gasteiger partial charge in [-0.1, -0.05) is 12.1 Å². The lowest BCUT2D eigenvalue weighted by molar-refractivity contribution is 0.0306. The van der Waals surface area contributed by atoms with E-state index in [9.17, 15) is 8.42 Å². The summed E-state index contributed by atoms with van der Waals surface area (Å²) in [5.74, 6) is 1.02. The summed E-state index contributed by atoms with van der Waals surface area (Å²) >= 11 is 0. The summed E-state index contributed by atoms with van der Waals surface area (Å²) in [6.07, 6.45) is 3.43. The molecular weight excluding hydrogens is 386 g/mol. The fourth-order valence-corrected chi connectivity index (χ4v) is 5.33. The summed E-state index contributed by atoms with van der Waals surface area (Å²) in [6, 6.07) is 11.0. The largest absolute Gasteiger partial charge is 0.378 e. The summed E-state index contributed by atoms with van der Waals surface area (Å²) in [5.41, 5.74) is 4.60. The molecule has 0 amide bonds. The normalized spacial score (nSPS) is 26.6. The molecule has 1 unspecified atom stereocenters. The van der Waals surface area contributed by atoms with Crippen molar-refractivity contribution < 1.29 is 8.42 Å². The van der Waals surface area contributed by atoms with Crippen molar-refractivity contribution in [1.29, 1.82) is 0 Å². The van der Waals surface area contributed by atoms with Gasteiger partial charge in [-0.25, -0.2) is 13.1 Å². The maximum atomic E-state index is 11.5. The molecule has 4 heterocycles. The molecule has 3 aliphatic heterocycles. The molecule has 0 spiro atoms. The fourth-order valence-electron chi connectivity index (χ4n) is 4.83. The minimum atomic E-state index is -3.14. The van der Waals surface area contributed by atoms with Gasteiger partial charge in [-0.05, 0) is 43.5 Å². The molecule has 0 aliphatic carbocycles. The van der Waals surface area contributed by atoms with Gasteiger partial charge in [-0.2, -0.15) is 5.10 Å². The Labute approximate surface area is 173 Å². The van der Waals surface area contributed by atoms with Gasteiger partial charge in [0.05, 0.1) is 11.9 Å². The zero-order valence-electron chi connectivity index (χ0n) is 17.7. The highest BCUT2D eigenvalue weighted by atomic mass is 32.2. The Morgan fingerprint density at radius 1 is 1.24 bits per heavy atom. The van der Waals surface area contributed by atoms with Gasteiger partial charge >= 0.3 is 0 Å². The average molecular weight is 418 g/mol. The second-order valence-corrected chi connectivity index (χ2v) is 10.5. The minimum absolute atomic E-state index is 0.297. The molecule has 4 atom stereocenters. The number of hydrogen-bond acceptors (Lipinski definition) is 5. The Kier molecular flexibility index (Phi) is 5.44. The topological polar surface area (TPSA) is 70.5 Å². The number of piperidine rings is 3. The van der Waals surface area contributed by atoms with E-state index in [-0.39, 0.29) is 0 Å². The highest BCUT2D eigenvalue weighted by Crippen LogP contribution is 2.42. The number of aryl methyl sites for hydroxylation is 1. The van der Waals surface area contributed by atoms with E-state index < -0.39 is 10.0 Å². The summed E-state index contributed by atoms with van der Waals surface area (Å²) < 4.78 is 27.6. The van der Waals surface area contributed by atoms with Crippen LogP contribution < -0.4 is 9.62 Å². The average Bonchev–Trinajstić information content (AvgIpc) is 3.08. The number of nitrogens with one attached hydrogen (secondary N) is 1. The minimum Gasteiger partial charge on any atom is -0.378 e. The first kappa shape index (κ1) is 20.4. The molecule has 3 fully saturated rings. The molecule has 2 bridgehead atoms. The van der Waals surface area contributed by atoms with Crippen LogP contribution in [0.15, 0.2) is 30.3 Å². The van der Waals surface area contributed by atoms with Crippen molar-refractivity contribution in [2.24, 2.45) is 13.0 Å². The number of rotatable bonds is 6. The molecule has 1 aromatic carbocycles. The second-order valence-electron chi connectivity index (χ2n) is 8.68. The van der Waals surface area contributed by atoms with Gasteiger partial charge < -0.3 is 4.90 Å². The Morgan fingerprint density at radius 3 is 2.55 bits per heavy atom. The van der Waals surface area contributed by atoms with Crippen LogP contribution in [0.5, 0.6) is 0 Å². The molecule has 5 rings (SSSR count). The van der Waals surface area contributed by atoms with Crippen LogP contribution in [0.4, 0.5) is 5.69 Å². The van der Waals surface area contributed by atoms with Crippen molar-refractivity contribution in [2.75, 3.05) is 44.9 Å². The molecule has 3 saturated heterocycles. The molecule has 8 heteroatoms. The lowest BCUT2D eigenvalue weighted by Crippen LogP contribution is -2.56. The standard InChI is InChI=1S/C21H31N5O2S/c1-24(2)17-7-5-15(6-8-17)20-12-21(25(3)23-20)19-14-26-10-9-16(19)11-18(26)13-22-29(4,27)28/h5-8,12,16,18-19,22H,9-11,13-14H2,1-4H3/t16-,18+,19-/m0/s1. The number of hydrogen-bond donors (Lipinski definition) is 1. The van der Waals surface area contributed by atoms with Crippen LogP contribution in [0.25, 0.3) is 11.3 Å². The van der Waals surface area contributed by atoms with Crippen LogP contribution in [0.2, 0.25) is 0 Å². The Hall–Kier alpha value is -1.90. The van der Waals surface area contributed by atoms with E-state index in [1.165, 1.54) is 17.6 Å². The van der Waals surface area contributed by atoms with Crippen molar-refractivity contribution >= 4 is 15.7 Å². The van der Waals surface area contributed by atoms with Gasteiger partial charge in [0.25, 0.3) is 0 Å². The van der Waals surface area contributed by atoms with E-state index >= 15 is 0 Å². The molecule has 0 radical (unpaired) electrons. The zero-order chi connectivity index (χ0) is 20.8. The Balaban J connectivity index is 1.50. The molecule has 158 valence electrons. The molecule has 2 aromatic rings. The number of aromatic nitrogens is 2. The monoisotopic (exact) mass is 417 g/mol. The van der Waals surface area contributed by atoms with Gasteiger partial charge in [0, 0.05) is 63.1 Å². The van der Waals surface area contributed by atoms with Crippen LogP contribution in [-0.4, -0.2) is 69.1 Å². The first-order valence-electron chi connectivity index (χ1n) is 10.2. The number of fused-ring (bicyclic) bond motifs is 3. The van der Waals surface area contributed by atoms with Crippen molar-refractivity contribution in [2.45, 2.75) is 24.8 Å². The Morgan fingerprint density at radius 2 is 1.97 bits per heavy atom. The van der Waals surface area contributed by atoms with Crippen LogP contribution in [0.3, 0.4) is 0 Å². The maximum absolute atomic E-state index is 11.5. The highest BCUT2D eigenvalue weighted by molar-refractivity contribution is 7.88. The van der Waals surface area contributed by atoms with E-state index in [2.05, 4.69) is 44.9 Å². The van der Waals surface area contributed by atoms with Crippen LogP contribution in [0.1, 0.15) is 24.5 Å². The molecule has 0 saturated carbocycles.